The highest BCUT2D eigenvalue weighted by Gasteiger charge is 2.25. The monoisotopic (exact) mass is 420 g/mol. The van der Waals surface area contributed by atoms with Gasteiger partial charge in [-0.2, -0.15) is 0 Å². The molecule has 0 bridgehead atoms. The lowest BCUT2D eigenvalue weighted by Crippen LogP contribution is -2.36. The molecule has 1 aromatic carbocycles. The standard InChI is InChI=1S/C19H24N4O5S/c1-12(17(24)20-19(25)27-3)29-18-22-21-16(13-6-8-14(26-2)9-7-13)23(18)11-15-5-4-10-28-15/h6-9,12,15H,4-5,10-11H2,1-3H3,(H,20,24,25)/t12-,15-/m1/s1. The fourth-order valence-corrected chi connectivity index (χ4v) is 3.81. The van der Waals surface area contributed by atoms with Crippen molar-refractivity contribution in [3.05, 3.63) is 24.3 Å². The number of nitrogens with one attached hydrogen (secondary N) is 1. The highest BCUT2D eigenvalue weighted by molar-refractivity contribution is 8.00. The maximum atomic E-state index is 12.2. The Hall–Kier alpha value is -2.59. The first-order chi connectivity index (χ1) is 14.0. The summed E-state index contributed by atoms with van der Waals surface area (Å²) in [6.45, 7) is 3.02. The van der Waals surface area contributed by atoms with E-state index in [4.69, 9.17) is 9.47 Å². The zero-order valence-electron chi connectivity index (χ0n) is 16.6. The van der Waals surface area contributed by atoms with Crippen molar-refractivity contribution in [3.8, 4) is 17.1 Å². The molecule has 2 amide bonds. The highest BCUT2D eigenvalue weighted by Crippen LogP contribution is 2.29. The van der Waals surface area contributed by atoms with Crippen LogP contribution in [0.2, 0.25) is 0 Å². The van der Waals surface area contributed by atoms with Crippen LogP contribution in [-0.2, 0) is 20.8 Å². The van der Waals surface area contributed by atoms with Gasteiger partial charge in [0.05, 0.1) is 32.1 Å². The van der Waals surface area contributed by atoms with Crippen LogP contribution in [0.5, 0.6) is 5.75 Å². The SMILES string of the molecule is COC(=O)NC(=O)[C@@H](C)Sc1nnc(-c2ccc(OC)cc2)n1C[C@H]1CCCO1. The molecule has 9 nitrogen and oxygen atoms in total. The number of methoxy groups -OCH3 is 2. The van der Waals surface area contributed by atoms with Crippen molar-refractivity contribution >= 4 is 23.8 Å². The Morgan fingerprint density at radius 3 is 2.69 bits per heavy atom. The molecule has 3 rings (SSSR count). The van der Waals surface area contributed by atoms with Gasteiger partial charge in [0.1, 0.15) is 5.75 Å². The Morgan fingerprint density at radius 1 is 1.31 bits per heavy atom. The Balaban J connectivity index is 1.84. The molecular formula is C19H24N4O5S. The third-order valence-electron chi connectivity index (χ3n) is 4.54. The van der Waals surface area contributed by atoms with Gasteiger partial charge < -0.3 is 14.2 Å². The molecular weight excluding hydrogens is 396 g/mol. The van der Waals surface area contributed by atoms with E-state index in [2.05, 4.69) is 20.3 Å². The van der Waals surface area contributed by atoms with Crippen LogP contribution in [-0.4, -0.2) is 58.9 Å². The third-order valence-corrected chi connectivity index (χ3v) is 5.62. The average molecular weight is 420 g/mol. The normalized spacial score (nSPS) is 17.0. The van der Waals surface area contributed by atoms with Crippen molar-refractivity contribution < 1.29 is 23.8 Å². The number of carbonyl (C=O) groups excluding carboxylic acids is 2. The zero-order chi connectivity index (χ0) is 20.8. The van der Waals surface area contributed by atoms with Gasteiger partial charge in [-0.15, -0.1) is 10.2 Å². The van der Waals surface area contributed by atoms with Crippen LogP contribution < -0.4 is 10.1 Å². The Bertz CT molecular complexity index is 849. The quantitative estimate of drug-likeness (QED) is 0.681. The number of thioether (sulfide) groups is 1. The lowest BCUT2D eigenvalue weighted by atomic mass is 10.2. The molecule has 1 aliphatic heterocycles. The number of hydrogen-bond acceptors (Lipinski definition) is 8. The summed E-state index contributed by atoms with van der Waals surface area (Å²) in [4.78, 5) is 23.5. The summed E-state index contributed by atoms with van der Waals surface area (Å²) >= 11 is 1.23. The van der Waals surface area contributed by atoms with Crippen LogP contribution in [0.15, 0.2) is 29.4 Å². The van der Waals surface area contributed by atoms with E-state index < -0.39 is 17.3 Å². The van der Waals surface area contributed by atoms with Crippen LogP contribution in [0.1, 0.15) is 19.8 Å². The van der Waals surface area contributed by atoms with E-state index in [1.54, 1.807) is 14.0 Å². The van der Waals surface area contributed by atoms with E-state index in [-0.39, 0.29) is 6.10 Å². The third kappa shape index (κ3) is 5.27. The lowest BCUT2D eigenvalue weighted by Gasteiger charge is -2.16. The summed E-state index contributed by atoms with van der Waals surface area (Å²) in [5, 5.41) is 10.8. The van der Waals surface area contributed by atoms with E-state index in [0.29, 0.717) is 17.5 Å². The van der Waals surface area contributed by atoms with E-state index in [1.807, 2.05) is 28.8 Å². The van der Waals surface area contributed by atoms with Crippen molar-refractivity contribution in [1.82, 2.24) is 20.1 Å². The van der Waals surface area contributed by atoms with Gasteiger partial charge in [0, 0.05) is 12.2 Å². The number of aromatic nitrogens is 3. The number of benzene rings is 1. The molecule has 0 spiro atoms. The number of carbonyl (C=O) groups is 2. The maximum absolute atomic E-state index is 12.2. The molecule has 156 valence electrons. The molecule has 1 N–H and O–H groups in total. The Kier molecular flexibility index (Phi) is 7.10. The maximum Gasteiger partial charge on any atom is 0.413 e. The van der Waals surface area contributed by atoms with Crippen molar-refractivity contribution in [3.63, 3.8) is 0 Å². The van der Waals surface area contributed by atoms with Crippen LogP contribution in [0.4, 0.5) is 4.79 Å². The molecule has 1 fully saturated rings. The molecule has 0 aliphatic carbocycles. The number of hydrogen-bond donors (Lipinski definition) is 1. The molecule has 29 heavy (non-hydrogen) atoms. The number of ether oxygens (including phenoxy) is 3. The minimum Gasteiger partial charge on any atom is -0.497 e. The summed E-state index contributed by atoms with van der Waals surface area (Å²) in [6, 6.07) is 7.55. The largest absolute Gasteiger partial charge is 0.497 e. The molecule has 1 saturated heterocycles. The summed E-state index contributed by atoms with van der Waals surface area (Å²) in [5.41, 5.74) is 0.884. The predicted molar refractivity (Wildman–Crippen MR) is 107 cm³/mol. The van der Waals surface area contributed by atoms with Crippen molar-refractivity contribution in [2.45, 2.75) is 42.8 Å². The lowest BCUT2D eigenvalue weighted by molar-refractivity contribution is -0.119. The topological polar surface area (TPSA) is 105 Å². The van der Waals surface area contributed by atoms with Gasteiger partial charge in [-0.25, -0.2) is 4.79 Å². The predicted octanol–water partition coefficient (Wildman–Crippen LogP) is 2.50. The van der Waals surface area contributed by atoms with Crippen LogP contribution in [0.3, 0.4) is 0 Å². The van der Waals surface area contributed by atoms with Gasteiger partial charge in [0.2, 0.25) is 5.91 Å². The number of nitrogens with zero attached hydrogens (tertiary/aromatic N) is 3. The molecule has 2 aromatic rings. The molecule has 0 saturated carbocycles. The van der Waals surface area contributed by atoms with Gasteiger partial charge in [-0.3, -0.25) is 14.7 Å². The molecule has 0 radical (unpaired) electrons. The highest BCUT2D eigenvalue weighted by atomic mass is 32.2. The average Bonchev–Trinajstić information content (AvgIpc) is 3.38. The first-order valence-electron chi connectivity index (χ1n) is 9.26. The number of amides is 2. The van der Waals surface area contributed by atoms with Crippen molar-refractivity contribution in [2.75, 3.05) is 20.8 Å². The van der Waals surface area contributed by atoms with Gasteiger partial charge in [0.15, 0.2) is 11.0 Å². The van der Waals surface area contributed by atoms with E-state index in [0.717, 1.165) is 30.8 Å². The van der Waals surface area contributed by atoms with Crippen LogP contribution in [0, 0.1) is 0 Å². The minimum atomic E-state index is -0.790. The Morgan fingerprint density at radius 2 is 2.07 bits per heavy atom. The second-order valence-electron chi connectivity index (χ2n) is 6.52. The van der Waals surface area contributed by atoms with Gasteiger partial charge in [-0.1, -0.05) is 11.8 Å². The molecule has 2 atom stereocenters. The zero-order valence-corrected chi connectivity index (χ0v) is 17.4. The second kappa shape index (κ2) is 9.75. The summed E-state index contributed by atoms with van der Waals surface area (Å²) in [5.74, 6) is 0.979. The van der Waals surface area contributed by atoms with Gasteiger partial charge in [-0.05, 0) is 44.0 Å². The minimum absolute atomic E-state index is 0.0709. The fraction of sp³-hybridized carbons (Fsp3) is 0.474. The van der Waals surface area contributed by atoms with E-state index >= 15 is 0 Å². The molecule has 10 heteroatoms. The number of alkyl carbamates (subject to hydrolysis) is 1. The number of rotatable bonds is 7. The first kappa shape index (κ1) is 21.1. The van der Waals surface area contributed by atoms with Crippen molar-refractivity contribution in [2.24, 2.45) is 0 Å². The van der Waals surface area contributed by atoms with Crippen LogP contribution in [0.25, 0.3) is 11.4 Å². The molecule has 0 unspecified atom stereocenters. The molecule has 2 heterocycles. The fourth-order valence-electron chi connectivity index (χ4n) is 2.95. The van der Waals surface area contributed by atoms with Crippen molar-refractivity contribution in [1.29, 1.82) is 0 Å². The Labute approximate surface area is 173 Å². The van der Waals surface area contributed by atoms with Gasteiger partial charge >= 0.3 is 6.09 Å². The van der Waals surface area contributed by atoms with Gasteiger partial charge in [0.25, 0.3) is 0 Å². The summed E-state index contributed by atoms with van der Waals surface area (Å²) in [7, 11) is 2.82. The van der Waals surface area contributed by atoms with E-state index in [1.165, 1.54) is 18.9 Å². The number of imide groups is 1. The summed E-state index contributed by atoms with van der Waals surface area (Å²) < 4.78 is 17.4. The second-order valence-corrected chi connectivity index (χ2v) is 7.83. The molecule has 1 aromatic heterocycles. The smallest absolute Gasteiger partial charge is 0.413 e. The van der Waals surface area contributed by atoms with Crippen LogP contribution >= 0.6 is 11.8 Å². The summed E-state index contributed by atoms with van der Waals surface area (Å²) in [6.07, 6.45) is 1.26. The molecule has 1 aliphatic rings. The first-order valence-corrected chi connectivity index (χ1v) is 10.1. The van der Waals surface area contributed by atoms with E-state index in [9.17, 15) is 9.59 Å².